The van der Waals surface area contributed by atoms with Crippen molar-refractivity contribution in [3.05, 3.63) is 77.6 Å². The van der Waals surface area contributed by atoms with Gasteiger partial charge >= 0.3 is 0 Å². The molecule has 5 nitrogen and oxygen atoms in total. The second-order valence-corrected chi connectivity index (χ2v) is 6.12. The molecule has 25 heavy (non-hydrogen) atoms. The molecule has 130 valence electrons. The summed E-state index contributed by atoms with van der Waals surface area (Å²) >= 11 is 0. The van der Waals surface area contributed by atoms with Crippen LogP contribution < -0.4 is 5.32 Å². The molecule has 0 unspecified atom stereocenters. The summed E-state index contributed by atoms with van der Waals surface area (Å²) in [5.74, 6) is 1.56. The van der Waals surface area contributed by atoms with Gasteiger partial charge in [-0.3, -0.25) is 9.69 Å². The van der Waals surface area contributed by atoms with Crippen LogP contribution in [-0.2, 0) is 17.9 Å². The van der Waals surface area contributed by atoms with Crippen LogP contribution in [0.5, 0.6) is 0 Å². The SMILES string of the molecule is Cc1cccc(C)c1NC(=O)CN(Cc1ccco1)Cc1ccco1. The van der Waals surface area contributed by atoms with Crippen LogP contribution in [0.3, 0.4) is 0 Å². The number of hydrogen-bond donors (Lipinski definition) is 1. The Balaban J connectivity index is 1.69. The Morgan fingerprint density at radius 2 is 1.48 bits per heavy atom. The highest BCUT2D eigenvalue weighted by atomic mass is 16.3. The van der Waals surface area contributed by atoms with E-state index < -0.39 is 0 Å². The van der Waals surface area contributed by atoms with Gasteiger partial charge in [0.15, 0.2) is 0 Å². The van der Waals surface area contributed by atoms with Gasteiger partial charge in [-0.25, -0.2) is 0 Å². The minimum Gasteiger partial charge on any atom is -0.468 e. The van der Waals surface area contributed by atoms with Crippen molar-refractivity contribution in [3.63, 3.8) is 0 Å². The summed E-state index contributed by atoms with van der Waals surface area (Å²) in [6.45, 7) is 5.30. The standard InChI is InChI=1S/C20H22N2O3/c1-15-6-3-7-16(2)20(15)21-19(23)14-22(12-17-8-4-10-24-17)13-18-9-5-11-25-18/h3-11H,12-14H2,1-2H3,(H,21,23). The Kier molecular flexibility index (Phi) is 5.36. The number of hydrogen-bond acceptors (Lipinski definition) is 4. The van der Waals surface area contributed by atoms with E-state index in [2.05, 4.69) is 5.32 Å². The number of nitrogens with zero attached hydrogens (tertiary/aromatic N) is 1. The summed E-state index contributed by atoms with van der Waals surface area (Å²) < 4.78 is 10.8. The molecule has 0 aliphatic heterocycles. The first-order valence-electron chi connectivity index (χ1n) is 8.25. The van der Waals surface area contributed by atoms with Gasteiger partial charge in [0.25, 0.3) is 0 Å². The normalized spacial score (nSPS) is 11.0. The second kappa shape index (κ2) is 7.85. The lowest BCUT2D eigenvalue weighted by Crippen LogP contribution is -2.32. The molecule has 3 aromatic rings. The quantitative estimate of drug-likeness (QED) is 0.704. The lowest BCUT2D eigenvalue weighted by atomic mass is 10.1. The van der Waals surface area contributed by atoms with Crippen molar-refractivity contribution >= 4 is 11.6 Å². The number of para-hydroxylation sites is 1. The number of amides is 1. The maximum absolute atomic E-state index is 12.6. The van der Waals surface area contributed by atoms with Crippen LogP contribution in [0.25, 0.3) is 0 Å². The van der Waals surface area contributed by atoms with Crippen LogP contribution in [0.2, 0.25) is 0 Å². The van der Waals surface area contributed by atoms with Gasteiger partial charge < -0.3 is 14.2 Å². The average Bonchev–Trinajstić information content (AvgIpc) is 3.25. The number of anilines is 1. The summed E-state index contributed by atoms with van der Waals surface area (Å²) in [5, 5.41) is 3.03. The predicted octanol–water partition coefficient (Wildman–Crippen LogP) is 4.13. The molecule has 3 rings (SSSR count). The van der Waals surface area contributed by atoms with E-state index in [0.717, 1.165) is 28.3 Å². The number of furan rings is 2. The largest absolute Gasteiger partial charge is 0.468 e. The molecule has 5 heteroatoms. The van der Waals surface area contributed by atoms with Crippen molar-refractivity contribution < 1.29 is 13.6 Å². The first-order chi connectivity index (χ1) is 12.1. The van der Waals surface area contributed by atoms with E-state index in [-0.39, 0.29) is 12.5 Å². The first kappa shape index (κ1) is 17.0. The van der Waals surface area contributed by atoms with Crippen molar-refractivity contribution in [3.8, 4) is 0 Å². The average molecular weight is 338 g/mol. The zero-order valence-corrected chi connectivity index (χ0v) is 14.5. The van der Waals surface area contributed by atoms with E-state index in [4.69, 9.17) is 8.83 Å². The molecule has 1 N–H and O–H groups in total. The molecule has 1 aromatic carbocycles. The molecular weight excluding hydrogens is 316 g/mol. The fourth-order valence-corrected chi connectivity index (χ4v) is 2.81. The van der Waals surface area contributed by atoms with Crippen LogP contribution in [0.4, 0.5) is 5.69 Å². The maximum atomic E-state index is 12.6. The van der Waals surface area contributed by atoms with E-state index in [1.165, 1.54) is 0 Å². The third-order valence-electron chi connectivity index (χ3n) is 4.03. The zero-order valence-electron chi connectivity index (χ0n) is 14.5. The highest BCUT2D eigenvalue weighted by Crippen LogP contribution is 2.19. The number of nitrogens with one attached hydrogen (secondary N) is 1. The van der Waals surface area contributed by atoms with Crippen LogP contribution in [0.1, 0.15) is 22.6 Å². The van der Waals surface area contributed by atoms with Gasteiger partial charge in [-0.1, -0.05) is 18.2 Å². The molecule has 0 aliphatic rings. The molecule has 2 aromatic heterocycles. The summed E-state index contributed by atoms with van der Waals surface area (Å²) in [7, 11) is 0. The molecule has 0 atom stereocenters. The molecule has 0 radical (unpaired) electrons. The number of carbonyl (C=O) groups excluding carboxylic acids is 1. The van der Waals surface area contributed by atoms with Gasteiger partial charge in [0.2, 0.25) is 5.91 Å². The molecule has 0 fully saturated rings. The van der Waals surface area contributed by atoms with Gasteiger partial charge in [-0.05, 0) is 49.2 Å². The number of benzene rings is 1. The van der Waals surface area contributed by atoms with Crippen molar-refractivity contribution in [1.29, 1.82) is 0 Å². The molecule has 0 saturated carbocycles. The second-order valence-electron chi connectivity index (χ2n) is 6.12. The number of carbonyl (C=O) groups is 1. The Morgan fingerprint density at radius 3 is 1.96 bits per heavy atom. The van der Waals surface area contributed by atoms with Crippen molar-refractivity contribution in [2.75, 3.05) is 11.9 Å². The van der Waals surface area contributed by atoms with E-state index in [9.17, 15) is 4.79 Å². The van der Waals surface area contributed by atoms with E-state index in [0.29, 0.717) is 13.1 Å². The highest BCUT2D eigenvalue weighted by Gasteiger charge is 2.16. The zero-order chi connectivity index (χ0) is 17.6. The van der Waals surface area contributed by atoms with Crippen molar-refractivity contribution in [2.45, 2.75) is 26.9 Å². The minimum atomic E-state index is -0.0597. The summed E-state index contributed by atoms with van der Waals surface area (Å²) in [6, 6.07) is 13.5. The lowest BCUT2D eigenvalue weighted by Gasteiger charge is -2.20. The Labute approximate surface area is 147 Å². The molecular formula is C20H22N2O3. The molecule has 0 spiro atoms. The van der Waals surface area contributed by atoms with E-state index >= 15 is 0 Å². The maximum Gasteiger partial charge on any atom is 0.238 e. The van der Waals surface area contributed by atoms with E-state index in [1.54, 1.807) is 12.5 Å². The summed E-state index contributed by atoms with van der Waals surface area (Å²) in [4.78, 5) is 14.6. The Morgan fingerprint density at radius 1 is 0.920 bits per heavy atom. The van der Waals surface area contributed by atoms with Crippen molar-refractivity contribution in [1.82, 2.24) is 4.90 Å². The van der Waals surface area contributed by atoms with Gasteiger partial charge in [-0.2, -0.15) is 0 Å². The van der Waals surface area contributed by atoms with Crippen LogP contribution in [0, 0.1) is 13.8 Å². The first-order valence-corrected chi connectivity index (χ1v) is 8.25. The lowest BCUT2D eigenvalue weighted by molar-refractivity contribution is -0.117. The third-order valence-corrected chi connectivity index (χ3v) is 4.03. The van der Waals surface area contributed by atoms with Gasteiger partial charge in [0.05, 0.1) is 32.2 Å². The topological polar surface area (TPSA) is 58.6 Å². The number of aryl methyl sites for hydroxylation is 2. The molecule has 0 saturated heterocycles. The minimum absolute atomic E-state index is 0.0597. The fourth-order valence-electron chi connectivity index (χ4n) is 2.81. The van der Waals surface area contributed by atoms with Crippen LogP contribution in [-0.4, -0.2) is 17.4 Å². The van der Waals surface area contributed by atoms with Gasteiger partial charge in [0.1, 0.15) is 11.5 Å². The fraction of sp³-hybridized carbons (Fsp3) is 0.250. The molecule has 0 aliphatic carbocycles. The third kappa shape index (κ3) is 4.61. The van der Waals surface area contributed by atoms with Gasteiger partial charge in [0, 0.05) is 5.69 Å². The smallest absolute Gasteiger partial charge is 0.238 e. The van der Waals surface area contributed by atoms with Crippen molar-refractivity contribution in [2.24, 2.45) is 0 Å². The van der Waals surface area contributed by atoms with E-state index in [1.807, 2.05) is 61.2 Å². The predicted molar refractivity (Wildman–Crippen MR) is 96.1 cm³/mol. The monoisotopic (exact) mass is 338 g/mol. The summed E-state index contributed by atoms with van der Waals surface area (Å²) in [5.41, 5.74) is 2.98. The summed E-state index contributed by atoms with van der Waals surface area (Å²) in [6.07, 6.45) is 3.27. The highest BCUT2D eigenvalue weighted by molar-refractivity contribution is 5.93. The molecule has 0 bridgehead atoms. The number of rotatable bonds is 7. The van der Waals surface area contributed by atoms with Crippen LogP contribution in [0.15, 0.2) is 63.8 Å². The molecule has 1 amide bonds. The Bertz CT molecular complexity index is 751. The van der Waals surface area contributed by atoms with Gasteiger partial charge in [-0.15, -0.1) is 0 Å². The van der Waals surface area contributed by atoms with Crippen LogP contribution >= 0.6 is 0 Å². The Hall–Kier alpha value is -2.79. The molecule has 2 heterocycles.